The van der Waals surface area contributed by atoms with Gasteiger partial charge in [-0.05, 0) is 42.0 Å². The molecule has 0 unspecified atom stereocenters. The summed E-state index contributed by atoms with van der Waals surface area (Å²) >= 11 is 0. The van der Waals surface area contributed by atoms with Crippen molar-refractivity contribution in [3.63, 3.8) is 0 Å². The van der Waals surface area contributed by atoms with Crippen molar-refractivity contribution in [3.8, 4) is 11.4 Å². The van der Waals surface area contributed by atoms with E-state index in [9.17, 15) is 9.59 Å². The Hall–Kier alpha value is -3.78. The number of H-pyrrole nitrogens is 1. The molecule has 0 bridgehead atoms. The molecule has 8 heteroatoms. The number of carbonyl (C=O) groups excluding carboxylic acids is 1. The quantitative estimate of drug-likeness (QED) is 0.404. The summed E-state index contributed by atoms with van der Waals surface area (Å²) in [6.07, 6.45) is 3.57. The minimum absolute atomic E-state index is 0.0263. The summed E-state index contributed by atoms with van der Waals surface area (Å²) in [5, 5.41) is 0. The second-order valence-corrected chi connectivity index (χ2v) is 9.91. The van der Waals surface area contributed by atoms with Crippen LogP contribution in [0.25, 0.3) is 22.6 Å². The Labute approximate surface area is 210 Å². The number of fused-ring (bicyclic) bond motifs is 1. The van der Waals surface area contributed by atoms with Gasteiger partial charge in [-0.1, -0.05) is 50.2 Å². The lowest BCUT2D eigenvalue weighted by Gasteiger charge is -2.27. The van der Waals surface area contributed by atoms with Crippen molar-refractivity contribution in [2.45, 2.75) is 44.7 Å². The lowest BCUT2D eigenvalue weighted by atomic mass is 9.97. The predicted octanol–water partition coefficient (Wildman–Crippen LogP) is 4.21. The van der Waals surface area contributed by atoms with Gasteiger partial charge in [-0.25, -0.2) is 14.8 Å². The summed E-state index contributed by atoms with van der Waals surface area (Å²) in [7, 11) is 3.50. The summed E-state index contributed by atoms with van der Waals surface area (Å²) in [5.74, 6) is 0.883. The number of carbonyl (C=O) groups is 1. The molecule has 1 N–H and O–H groups in total. The van der Waals surface area contributed by atoms with Crippen molar-refractivity contribution in [3.05, 3.63) is 81.9 Å². The Bertz CT molecular complexity index is 1460. The molecule has 4 aromatic rings. The van der Waals surface area contributed by atoms with Gasteiger partial charge in [0, 0.05) is 25.3 Å². The second-order valence-electron chi connectivity index (χ2n) is 9.91. The van der Waals surface area contributed by atoms with E-state index in [1.807, 2.05) is 49.5 Å². The Balaban J connectivity index is 1.42. The Morgan fingerprint density at radius 1 is 1.17 bits per heavy atom. The van der Waals surface area contributed by atoms with Crippen LogP contribution in [-0.2, 0) is 11.3 Å². The molecular formula is C28H31N5O3. The standard InChI is InChI=1S/C28H31N5O3/c1-18(2)21-7-5-6-8-22(21)24-29-15-23-25(31-24)33(27(35)30-23)16-19-9-11-20(12-10-19)26(34)32(3)28(13-14-28)17-36-4/h5-12,15,18H,13-14,16-17H2,1-4H3,(H,30,35). The molecule has 0 saturated heterocycles. The number of aromatic nitrogens is 4. The van der Waals surface area contributed by atoms with E-state index in [2.05, 4.69) is 29.9 Å². The number of nitrogens with zero attached hydrogens (tertiary/aromatic N) is 4. The second kappa shape index (κ2) is 9.35. The molecule has 2 aromatic carbocycles. The fraction of sp³-hybridized carbons (Fsp3) is 0.357. The van der Waals surface area contributed by atoms with Crippen LogP contribution in [0.15, 0.2) is 59.5 Å². The third-order valence-corrected chi connectivity index (χ3v) is 7.13. The molecular weight excluding hydrogens is 454 g/mol. The SMILES string of the molecule is COCC1(N(C)C(=O)c2ccc(Cn3c(=O)[nH]c4cnc(-c5ccccc5C(C)C)nc43)cc2)CC1. The number of ether oxygens (including phenoxy) is 1. The third-order valence-electron chi connectivity index (χ3n) is 7.13. The average Bonchev–Trinajstić information content (AvgIpc) is 3.61. The molecule has 0 atom stereocenters. The lowest BCUT2D eigenvalue weighted by Crippen LogP contribution is -2.42. The maximum atomic E-state index is 13.0. The van der Waals surface area contributed by atoms with Gasteiger partial charge in [0.25, 0.3) is 5.91 Å². The van der Waals surface area contributed by atoms with E-state index in [1.54, 1.807) is 22.8 Å². The minimum atomic E-state index is -0.247. The number of rotatable bonds is 8. The molecule has 0 radical (unpaired) electrons. The summed E-state index contributed by atoms with van der Waals surface area (Å²) in [6.45, 7) is 5.15. The van der Waals surface area contributed by atoms with Crippen molar-refractivity contribution in [1.82, 2.24) is 24.4 Å². The van der Waals surface area contributed by atoms with Gasteiger partial charge in [0.2, 0.25) is 0 Å². The number of amides is 1. The van der Waals surface area contributed by atoms with Crippen LogP contribution in [0.1, 0.15) is 54.1 Å². The average molecular weight is 486 g/mol. The van der Waals surface area contributed by atoms with Crippen LogP contribution in [-0.4, -0.2) is 56.6 Å². The lowest BCUT2D eigenvalue weighted by molar-refractivity contribution is 0.0551. The van der Waals surface area contributed by atoms with Gasteiger partial charge in [-0.2, -0.15) is 0 Å². The minimum Gasteiger partial charge on any atom is -0.382 e. The highest BCUT2D eigenvalue weighted by Gasteiger charge is 2.48. The van der Waals surface area contributed by atoms with E-state index in [1.165, 1.54) is 0 Å². The van der Waals surface area contributed by atoms with Crippen LogP contribution in [0, 0.1) is 0 Å². The number of hydrogen-bond acceptors (Lipinski definition) is 5. The van der Waals surface area contributed by atoms with E-state index in [4.69, 9.17) is 9.72 Å². The number of aromatic amines is 1. The molecule has 5 rings (SSSR count). The molecule has 2 heterocycles. The van der Waals surface area contributed by atoms with Gasteiger partial charge in [0.1, 0.15) is 5.52 Å². The zero-order valence-corrected chi connectivity index (χ0v) is 21.1. The topological polar surface area (TPSA) is 93.1 Å². The highest BCUT2D eigenvalue weighted by Crippen LogP contribution is 2.41. The monoisotopic (exact) mass is 485 g/mol. The molecule has 1 aliphatic rings. The van der Waals surface area contributed by atoms with E-state index in [0.29, 0.717) is 41.6 Å². The fourth-order valence-corrected chi connectivity index (χ4v) is 4.76. The van der Waals surface area contributed by atoms with Gasteiger partial charge in [0.15, 0.2) is 11.5 Å². The summed E-state index contributed by atoms with van der Waals surface area (Å²) < 4.78 is 6.93. The highest BCUT2D eigenvalue weighted by atomic mass is 16.5. The molecule has 8 nitrogen and oxygen atoms in total. The molecule has 1 aliphatic carbocycles. The van der Waals surface area contributed by atoms with Gasteiger partial charge in [-0.3, -0.25) is 9.36 Å². The van der Waals surface area contributed by atoms with Crippen LogP contribution in [0.3, 0.4) is 0 Å². The smallest absolute Gasteiger partial charge is 0.328 e. The normalized spacial score (nSPS) is 14.4. The third kappa shape index (κ3) is 4.33. The molecule has 0 aliphatic heterocycles. The van der Waals surface area contributed by atoms with Crippen molar-refractivity contribution in [2.75, 3.05) is 20.8 Å². The Kier molecular flexibility index (Phi) is 6.22. The molecule has 1 fully saturated rings. The van der Waals surface area contributed by atoms with Crippen LogP contribution in [0.4, 0.5) is 0 Å². The van der Waals surface area contributed by atoms with Crippen LogP contribution >= 0.6 is 0 Å². The van der Waals surface area contributed by atoms with Crippen molar-refractivity contribution < 1.29 is 9.53 Å². The molecule has 0 spiro atoms. The maximum absolute atomic E-state index is 13.0. The number of methoxy groups -OCH3 is 1. The van der Waals surface area contributed by atoms with Crippen LogP contribution < -0.4 is 5.69 Å². The molecule has 36 heavy (non-hydrogen) atoms. The first-order valence-corrected chi connectivity index (χ1v) is 12.2. The molecule has 186 valence electrons. The van der Waals surface area contributed by atoms with Gasteiger partial charge in [-0.15, -0.1) is 0 Å². The first-order chi connectivity index (χ1) is 17.3. The zero-order chi connectivity index (χ0) is 25.4. The summed E-state index contributed by atoms with van der Waals surface area (Å²) in [6, 6.07) is 15.5. The Morgan fingerprint density at radius 3 is 2.56 bits per heavy atom. The number of imidazole rings is 1. The van der Waals surface area contributed by atoms with Crippen molar-refractivity contribution in [2.24, 2.45) is 0 Å². The van der Waals surface area contributed by atoms with E-state index in [-0.39, 0.29) is 17.1 Å². The van der Waals surface area contributed by atoms with Crippen LogP contribution in [0.5, 0.6) is 0 Å². The first kappa shape index (κ1) is 23.9. The number of benzene rings is 2. The van der Waals surface area contributed by atoms with Gasteiger partial charge in [0.05, 0.1) is 24.9 Å². The zero-order valence-electron chi connectivity index (χ0n) is 21.1. The maximum Gasteiger partial charge on any atom is 0.328 e. The first-order valence-electron chi connectivity index (χ1n) is 12.2. The number of nitrogens with one attached hydrogen (secondary N) is 1. The van der Waals surface area contributed by atoms with Gasteiger partial charge >= 0.3 is 5.69 Å². The molecule has 1 amide bonds. The van der Waals surface area contributed by atoms with E-state index < -0.39 is 0 Å². The predicted molar refractivity (Wildman–Crippen MR) is 139 cm³/mol. The molecule has 2 aromatic heterocycles. The van der Waals surface area contributed by atoms with E-state index in [0.717, 1.165) is 29.5 Å². The summed E-state index contributed by atoms with van der Waals surface area (Å²) in [5.41, 5.74) is 4.35. The Morgan fingerprint density at radius 2 is 1.89 bits per heavy atom. The number of likely N-dealkylation sites (N-methyl/N-ethyl adjacent to an activating group) is 1. The number of hydrogen-bond donors (Lipinski definition) is 1. The van der Waals surface area contributed by atoms with Crippen molar-refractivity contribution >= 4 is 17.1 Å². The van der Waals surface area contributed by atoms with Gasteiger partial charge < -0.3 is 14.6 Å². The largest absolute Gasteiger partial charge is 0.382 e. The van der Waals surface area contributed by atoms with Crippen molar-refractivity contribution in [1.29, 1.82) is 0 Å². The van der Waals surface area contributed by atoms with Crippen LogP contribution in [0.2, 0.25) is 0 Å². The van der Waals surface area contributed by atoms with E-state index >= 15 is 0 Å². The molecule has 1 saturated carbocycles. The highest BCUT2D eigenvalue weighted by molar-refractivity contribution is 5.94. The fourth-order valence-electron chi connectivity index (χ4n) is 4.76. The summed E-state index contributed by atoms with van der Waals surface area (Å²) in [4.78, 5) is 39.7.